The molecule has 2 heterocycles. The van der Waals surface area contributed by atoms with E-state index in [0.29, 0.717) is 27.8 Å². The van der Waals surface area contributed by atoms with Crippen LogP contribution in [0.4, 0.5) is 32.3 Å². The molecule has 1 N–H and O–H groups in total. The summed E-state index contributed by atoms with van der Waals surface area (Å²) in [6.07, 6.45) is -1.19. The summed E-state index contributed by atoms with van der Waals surface area (Å²) in [5, 5.41) is 9.92. The van der Waals surface area contributed by atoms with Gasteiger partial charge in [-0.05, 0) is 45.0 Å². The predicted molar refractivity (Wildman–Crippen MR) is 138 cm³/mol. The van der Waals surface area contributed by atoms with Crippen molar-refractivity contribution in [3.63, 3.8) is 0 Å². The lowest BCUT2D eigenvalue weighted by molar-refractivity contribution is -0.191. The summed E-state index contributed by atoms with van der Waals surface area (Å²) < 4.78 is 10.2. The van der Waals surface area contributed by atoms with E-state index in [1.165, 1.54) is 17.0 Å². The van der Waals surface area contributed by atoms with E-state index in [-0.39, 0.29) is 42.1 Å². The molecular formula is C25H22Cl2N4O7. The molecule has 0 spiro atoms. The largest absolute Gasteiger partial charge is 0.444 e. The number of nitrogens with zero attached hydrogens (tertiary/aromatic N) is 4. The second-order valence-electron chi connectivity index (χ2n) is 7.99. The first-order chi connectivity index (χ1) is 18.0. The van der Waals surface area contributed by atoms with Gasteiger partial charge in [0.05, 0.1) is 25.8 Å². The Morgan fingerprint density at radius 1 is 0.868 bits per heavy atom. The molecule has 2 amide bonds. The first-order valence-corrected chi connectivity index (χ1v) is 11.7. The fourth-order valence-corrected chi connectivity index (χ4v) is 4.10. The monoisotopic (exact) mass is 560 g/mol. The van der Waals surface area contributed by atoms with Crippen LogP contribution < -0.4 is 9.80 Å². The maximum absolute atomic E-state index is 11.7. The van der Waals surface area contributed by atoms with Gasteiger partial charge >= 0.3 is 18.3 Å². The number of hydrogen-bond donors (Lipinski definition) is 1. The van der Waals surface area contributed by atoms with E-state index < -0.39 is 12.1 Å². The second kappa shape index (κ2) is 13.4. The molecule has 0 saturated carbocycles. The molecule has 2 saturated heterocycles. The predicted octanol–water partition coefficient (Wildman–Crippen LogP) is 5.64. The summed E-state index contributed by atoms with van der Waals surface area (Å²) in [5.41, 5.74) is 1.87. The Morgan fingerprint density at radius 2 is 1.29 bits per heavy atom. The minimum Gasteiger partial charge on any atom is -0.444 e. The average molecular weight is 561 g/mol. The Bertz CT molecular complexity index is 1320. The van der Waals surface area contributed by atoms with E-state index in [2.05, 4.69) is 9.69 Å². The maximum Gasteiger partial charge on any atom is 0.415 e. The van der Waals surface area contributed by atoms with Crippen LogP contribution >= 0.6 is 23.2 Å². The summed E-state index contributed by atoms with van der Waals surface area (Å²) in [4.78, 5) is 49.0. The third kappa shape index (κ3) is 6.60. The number of rotatable bonds is 3. The fraction of sp³-hybridized carbons (Fsp3) is 0.320. The van der Waals surface area contributed by atoms with Gasteiger partial charge in [-0.1, -0.05) is 35.3 Å². The van der Waals surface area contributed by atoms with Crippen molar-refractivity contribution in [1.29, 1.82) is 0 Å². The van der Waals surface area contributed by atoms with Crippen LogP contribution in [0.5, 0.6) is 0 Å². The van der Waals surface area contributed by atoms with E-state index in [1.807, 2.05) is 13.8 Å². The number of amides is 2. The van der Waals surface area contributed by atoms with Crippen molar-refractivity contribution < 1.29 is 33.8 Å². The van der Waals surface area contributed by atoms with Crippen molar-refractivity contribution in [2.24, 2.45) is 0 Å². The van der Waals surface area contributed by atoms with Gasteiger partial charge in [-0.3, -0.25) is 9.80 Å². The van der Waals surface area contributed by atoms with E-state index in [4.69, 9.17) is 55.4 Å². The van der Waals surface area contributed by atoms with Gasteiger partial charge in [0.15, 0.2) is 0 Å². The molecule has 2 aromatic rings. The Kier molecular flexibility index (Phi) is 10.6. The van der Waals surface area contributed by atoms with E-state index >= 15 is 0 Å². The zero-order valence-electron chi connectivity index (χ0n) is 20.4. The number of halogens is 2. The first kappa shape index (κ1) is 30.1. The van der Waals surface area contributed by atoms with Crippen LogP contribution in [0.1, 0.15) is 20.8 Å². The van der Waals surface area contributed by atoms with Gasteiger partial charge in [0.25, 0.3) is 0 Å². The Morgan fingerprint density at radius 3 is 1.66 bits per heavy atom. The first-order valence-electron chi connectivity index (χ1n) is 11.0. The molecule has 0 unspecified atom stereocenters. The molecule has 4 rings (SSSR count). The summed E-state index contributed by atoms with van der Waals surface area (Å²) in [7, 11) is 0. The van der Waals surface area contributed by atoms with Crippen molar-refractivity contribution in [3.05, 3.63) is 69.3 Å². The normalized spacial score (nSPS) is 21.5. The van der Waals surface area contributed by atoms with Gasteiger partial charge in [0.1, 0.15) is 18.2 Å². The third-order valence-corrected chi connectivity index (χ3v) is 6.38. The van der Waals surface area contributed by atoms with Crippen molar-refractivity contribution in [1.82, 2.24) is 0 Å². The molecule has 0 radical (unpaired) electrons. The molecule has 198 valence electrons. The third-order valence-electron chi connectivity index (χ3n) is 5.77. The molecule has 4 atom stereocenters. The Balaban J connectivity index is 0.000000242. The zero-order valence-corrected chi connectivity index (χ0v) is 21.9. The quantitative estimate of drug-likeness (QED) is 0.482. The number of carbonyl (C=O) groups excluding carboxylic acids is 4. The fourth-order valence-electron chi connectivity index (χ4n) is 3.67. The van der Waals surface area contributed by atoms with Crippen LogP contribution in [0.2, 0.25) is 10.0 Å². The standard InChI is InChI=1S/C12H11ClN2O3.C12H11ClN2O2.CO2/c1-7-11(6-16)15(12(17)18-7)8-3-4-10(14-2)9(13)5-8;1-7-8(2)17-12(16)15(7)9-4-5-11(14-3)10(13)6-9;2-1-3/h3-5,7,11,16H,6H2,1H3;4-8H,1-2H3;/t7-,11-;7-,8-;/m00./s1. The highest BCUT2D eigenvalue weighted by molar-refractivity contribution is 6.34. The smallest absolute Gasteiger partial charge is 0.415 e. The van der Waals surface area contributed by atoms with Crippen LogP contribution in [0, 0.1) is 13.1 Å². The van der Waals surface area contributed by atoms with Crippen LogP contribution in [0.15, 0.2) is 36.4 Å². The molecular weight excluding hydrogens is 539 g/mol. The van der Waals surface area contributed by atoms with Crippen molar-refractivity contribution >= 4 is 64.3 Å². The summed E-state index contributed by atoms with van der Waals surface area (Å²) in [6.45, 7) is 19.1. The van der Waals surface area contributed by atoms with Crippen molar-refractivity contribution in [2.75, 3.05) is 16.4 Å². The molecule has 2 fully saturated rings. The number of anilines is 2. The molecule has 0 aliphatic carbocycles. The number of aliphatic hydroxyl groups excluding tert-OH is 1. The highest BCUT2D eigenvalue weighted by Crippen LogP contribution is 2.34. The minimum atomic E-state index is -0.520. The van der Waals surface area contributed by atoms with Crippen molar-refractivity contribution in [3.8, 4) is 0 Å². The number of benzene rings is 2. The van der Waals surface area contributed by atoms with Gasteiger partial charge in [-0.25, -0.2) is 19.3 Å². The van der Waals surface area contributed by atoms with E-state index in [9.17, 15) is 14.7 Å². The lowest BCUT2D eigenvalue weighted by Gasteiger charge is -2.21. The van der Waals surface area contributed by atoms with Crippen LogP contribution in [-0.4, -0.2) is 54.3 Å². The molecule has 2 aliphatic heterocycles. The number of cyclic esters (lactones) is 2. The topological polar surface area (TPSA) is 122 Å². The maximum atomic E-state index is 11.7. The van der Waals surface area contributed by atoms with Crippen molar-refractivity contribution in [2.45, 2.75) is 45.1 Å². The zero-order chi connectivity index (χ0) is 28.6. The number of hydrogen-bond acceptors (Lipinski definition) is 7. The highest BCUT2D eigenvalue weighted by atomic mass is 35.5. The molecule has 2 aliphatic rings. The molecule has 38 heavy (non-hydrogen) atoms. The Labute approximate surface area is 228 Å². The minimum absolute atomic E-state index is 0.0441. The molecule has 2 aromatic carbocycles. The molecule has 11 nitrogen and oxygen atoms in total. The van der Waals surface area contributed by atoms with Gasteiger partial charge in [0.2, 0.25) is 11.4 Å². The number of aliphatic hydroxyl groups is 1. The van der Waals surface area contributed by atoms with Crippen LogP contribution in [0.3, 0.4) is 0 Å². The number of carbonyl (C=O) groups is 2. The molecule has 0 aromatic heterocycles. The van der Waals surface area contributed by atoms with Crippen LogP contribution in [-0.2, 0) is 19.1 Å². The lowest BCUT2D eigenvalue weighted by Crippen LogP contribution is -2.38. The number of ether oxygens (including phenoxy) is 2. The van der Waals surface area contributed by atoms with Gasteiger partial charge in [-0.2, -0.15) is 9.59 Å². The summed E-state index contributed by atoms with van der Waals surface area (Å²) in [6, 6.07) is 9.12. The molecule has 13 heteroatoms. The van der Waals surface area contributed by atoms with Crippen LogP contribution in [0.25, 0.3) is 9.69 Å². The van der Waals surface area contributed by atoms with Gasteiger partial charge in [0, 0.05) is 21.4 Å². The second-order valence-corrected chi connectivity index (χ2v) is 8.80. The highest BCUT2D eigenvalue weighted by Gasteiger charge is 2.40. The van der Waals surface area contributed by atoms with Gasteiger partial charge in [-0.15, -0.1) is 0 Å². The SMILES string of the molecule is O=C=O.[C-]#[N+]c1ccc(N2C(=O)O[C@@H](C)[C@@H]2C)cc1Cl.[C-]#[N+]c1ccc(N2C(=O)O[C@@H](C)[C@@H]2CO)cc1Cl. The lowest BCUT2D eigenvalue weighted by atomic mass is 10.1. The van der Waals surface area contributed by atoms with E-state index in [1.54, 1.807) is 36.1 Å². The Hall–Kier alpha value is -4.12. The summed E-state index contributed by atoms with van der Waals surface area (Å²) in [5.74, 6) is 0. The van der Waals surface area contributed by atoms with Gasteiger partial charge < -0.3 is 14.6 Å². The summed E-state index contributed by atoms with van der Waals surface area (Å²) >= 11 is 11.9. The average Bonchev–Trinajstić information content (AvgIpc) is 3.31. The van der Waals surface area contributed by atoms with E-state index in [0.717, 1.165) is 0 Å². The molecule has 0 bridgehead atoms.